The molecule has 1 saturated heterocycles. The molecule has 34 heavy (non-hydrogen) atoms. The van der Waals surface area contributed by atoms with Gasteiger partial charge in [-0.1, -0.05) is 19.1 Å². The Labute approximate surface area is 202 Å². The Balaban J connectivity index is 1.53. The molecule has 2 aromatic rings. The molecule has 3 aliphatic rings. The van der Waals surface area contributed by atoms with E-state index in [1.165, 1.54) is 24.0 Å². The molecule has 6 nitrogen and oxygen atoms in total. The number of nitrogens with one attached hydrogen (secondary N) is 3. The normalized spacial score (nSPS) is 24.9. The first-order valence-electron chi connectivity index (χ1n) is 12.7. The van der Waals surface area contributed by atoms with Crippen molar-refractivity contribution < 1.29 is 9.59 Å². The van der Waals surface area contributed by atoms with E-state index in [1.54, 1.807) is 14.0 Å². The number of carbonyl (C=O) groups is 2. The molecule has 1 saturated carbocycles. The van der Waals surface area contributed by atoms with Crippen LogP contribution in [0, 0.1) is 11.8 Å². The summed E-state index contributed by atoms with van der Waals surface area (Å²) in [7, 11) is 1.65. The SMILES string of the molecule is CNC(=O)c1ccc(N[C@H]2c3cc(C4CCNCC4)ccc3N(C(C)=O)[C@@H](C3CC3)[C@@H]2C)cc1. The molecule has 2 heterocycles. The minimum Gasteiger partial charge on any atom is -0.378 e. The molecule has 0 spiro atoms. The minimum atomic E-state index is -0.0829. The molecule has 6 heteroatoms. The van der Waals surface area contributed by atoms with Crippen molar-refractivity contribution in [1.29, 1.82) is 0 Å². The predicted octanol–water partition coefficient (Wildman–Crippen LogP) is 4.45. The van der Waals surface area contributed by atoms with Crippen molar-refractivity contribution in [2.45, 2.75) is 57.5 Å². The summed E-state index contributed by atoms with van der Waals surface area (Å²) < 4.78 is 0. The number of fused-ring (bicyclic) bond motifs is 1. The van der Waals surface area contributed by atoms with Crippen molar-refractivity contribution in [3.63, 3.8) is 0 Å². The molecule has 0 aromatic heterocycles. The van der Waals surface area contributed by atoms with Crippen molar-refractivity contribution in [3.8, 4) is 0 Å². The Kier molecular flexibility index (Phi) is 6.34. The van der Waals surface area contributed by atoms with Crippen LogP contribution in [0.4, 0.5) is 11.4 Å². The van der Waals surface area contributed by atoms with Gasteiger partial charge in [-0.3, -0.25) is 9.59 Å². The molecule has 2 fully saturated rings. The molecule has 2 amide bonds. The summed E-state index contributed by atoms with van der Waals surface area (Å²) >= 11 is 0. The Morgan fingerprint density at radius 1 is 1.00 bits per heavy atom. The summed E-state index contributed by atoms with van der Waals surface area (Å²) in [5.41, 5.74) is 5.29. The van der Waals surface area contributed by atoms with Crippen molar-refractivity contribution in [3.05, 3.63) is 59.2 Å². The maximum Gasteiger partial charge on any atom is 0.251 e. The van der Waals surface area contributed by atoms with E-state index in [9.17, 15) is 9.59 Å². The van der Waals surface area contributed by atoms with Gasteiger partial charge < -0.3 is 20.9 Å². The first-order valence-corrected chi connectivity index (χ1v) is 12.7. The lowest BCUT2D eigenvalue weighted by Crippen LogP contribution is -2.51. The fraction of sp³-hybridized carbons (Fsp3) is 0.500. The fourth-order valence-electron chi connectivity index (χ4n) is 6.04. The van der Waals surface area contributed by atoms with Crippen LogP contribution in [0.2, 0.25) is 0 Å². The first kappa shape index (κ1) is 22.9. The number of benzene rings is 2. The molecule has 3 atom stereocenters. The molecule has 2 aliphatic heterocycles. The maximum absolute atomic E-state index is 12.9. The zero-order valence-corrected chi connectivity index (χ0v) is 20.4. The van der Waals surface area contributed by atoms with E-state index in [-0.39, 0.29) is 29.8 Å². The first-order chi connectivity index (χ1) is 16.5. The molecule has 0 bridgehead atoms. The standard InChI is InChI=1S/C28H36N4O2/c1-17-26(31-23-9-6-21(7-10-23)28(34)29-3)24-16-22(19-12-14-30-15-13-19)8-11-25(24)32(18(2)33)27(17)20-4-5-20/h6-11,16-17,19-20,26-27,30-31H,4-5,12-15H2,1-3H3,(H,29,34)/t17-,26-,27-/m1/s1. The number of nitrogens with zero attached hydrogens (tertiary/aromatic N) is 1. The molecule has 5 rings (SSSR count). The van der Waals surface area contributed by atoms with Crippen LogP contribution in [0.25, 0.3) is 0 Å². The summed E-state index contributed by atoms with van der Waals surface area (Å²) in [6.45, 7) is 6.11. The third-order valence-corrected chi connectivity index (χ3v) is 7.96. The van der Waals surface area contributed by atoms with Gasteiger partial charge in [0, 0.05) is 42.9 Å². The van der Waals surface area contributed by atoms with Crippen LogP contribution < -0.4 is 20.9 Å². The third-order valence-electron chi connectivity index (χ3n) is 7.96. The smallest absolute Gasteiger partial charge is 0.251 e. The zero-order valence-electron chi connectivity index (χ0n) is 20.4. The monoisotopic (exact) mass is 460 g/mol. The highest BCUT2D eigenvalue weighted by Crippen LogP contribution is 2.50. The Bertz CT molecular complexity index is 1060. The lowest BCUT2D eigenvalue weighted by molar-refractivity contribution is -0.117. The largest absolute Gasteiger partial charge is 0.378 e. The number of anilines is 2. The van der Waals surface area contributed by atoms with E-state index >= 15 is 0 Å². The quantitative estimate of drug-likeness (QED) is 0.617. The van der Waals surface area contributed by atoms with E-state index in [0.29, 0.717) is 17.4 Å². The highest BCUT2D eigenvalue weighted by molar-refractivity contribution is 5.95. The van der Waals surface area contributed by atoms with Crippen LogP contribution in [0.15, 0.2) is 42.5 Å². The molecule has 3 N–H and O–H groups in total. The van der Waals surface area contributed by atoms with Gasteiger partial charge in [0.05, 0.1) is 6.04 Å². The third kappa shape index (κ3) is 4.31. The van der Waals surface area contributed by atoms with Gasteiger partial charge in [0.2, 0.25) is 5.91 Å². The van der Waals surface area contributed by atoms with Crippen LogP contribution in [0.1, 0.15) is 73.0 Å². The fourth-order valence-corrected chi connectivity index (χ4v) is 6.04. The van der Waals surface area contributed by atoms with Gasteiger partial charge in [-0.2, -0.15) is 0 Å². The number of amides is 2. The van der Waals surface area contributed by atoms with Gasteiger partial charge in [0.25, 0.3) is 5.91 Å². The van der Waals surface area contributed by atoms with Gasteiger partial charge >= 0.3 is 0 Å². The average molecular weight is 461 g/mol. The second-order valence-corrected chi connectivity index (χ2v) is 10.2. The Morgan fingerprint density at radius 3 is 2.32 bits per heavy atom. The summed E-state index contributed by atoms with van der Waals surface area (Å²) in [5.74, 6) is 1.44. The van der Waals surface area contributed by atoms with Crippen LogP contribution in [0.5, 0.6) is 0 Å². The highest BCUT2D eigenvalue weighted by atomic mass is 16.2. The predicted molar refractivity (Wildman–Crippen MR) is 136 cm³/mol. The molecule has 1 aliphatic carbocycles. The maximum atomic E-state index is 12.9. The lowest BCUT2D eigenvalue weighted by atomic mass is 9.78. The van der Waals surface area contributed by atoms with Crippen LogP contribution in [-0.2, 0) is 4.79 Å². The van der Waals surface area contributed by atoms with Gasteiger partial charge in [0.1, 0.15) is 0 Å². The van der Waals surface area contributed by atoms with Crippen LogP contribution in [0.3, 0.4) is 0 Å². The lowest BCUT2D eigenvalue weighted by Gasteiger charge is -2.46. The van der Waals surface area contributed by atoms with Gasteiger partial charge in [-0.15, -0.1) is 0 Å². The summed E-state index contributed by atoms with van der Waals surface area (Å²) in [5, 5.41) is 9.94. The van der Waals surface area contributed by atoms with Crippen molar-refractivity contribution >= 4 is 23.2 Å². The molecule has 0 unspecified atom stereocenters. The Hall–Kier alpha value is -2.86. The van der Waals surface area contributed by atoms with E-state index < -0.39 is 0 Å². The van der Waals surface area contributed by atoms with Crippen LogP contribution in [-0.4, -0.2) is 38.0 Å². The van der Waals surface area contributed by atoms with Gasteiger partial charge in [-0.25, -0.2) is 0 Å². The van der Waals surface area contributed by atoms with Gasteiger partial charge in [-0.05, 0) is 92.1 Å². The second-order valence-electron chi connectivity index (χ2n) is 10.2. The van der Waals surface area contributed by atoms with E-state index in [2.05, 4.69) is 46.0 Å². The van der Waals surface area contributed by atoms with Crippen molar-refractivity contribution in [1.82, 2.24) is 10.6 Å². The van der Waals surface area contributed by atoms with Gasteiger partial charge in [0.15, 0.2) is 0 Å². The molecule has 0 radical (unpaired) electrons. The number of hydrogen-bond donors (Lipinski definition) is 3. The van der Waals surface area contributed by atoms with Crippen LogP contribution >= 0.6 is 0 Å². The number of rotatable bonds is 5. The average Bonchev–Trinajstić information content (AvgIpc) is 3.70. The van der Waals surface area contributed by atoms with Crippen molar-refractivity contribution in [2.24, 2.45) is 11.8 Å². The summed E-state index contributed by atoms with van der Waals surface area (Å²) in [6.07, 6.45) is 4.67. The zero-order chi connectivity index (χ0) is 23.8. The number of piperidine rings is 1. The highest BCUT2D eigenvalue weighted by Gasteiger charge is 2.47. The number of carbonyl (C=O) groups excluding carboxylic acids is 2. The molecular weight excluding hydrogens is 424 g/mol. The second kappa shape index (κ2) is 9.41. The summed E-state index contributed by atoms with van der Waals surface area (Å²) in [6, 6.07) is 14.8. The summed E-state index contributed by atoms with van der Waals surface area (Å²) in [4.78, 5) is 26.9. The Morgan fingerprint density at radius 2 is 1.71 bits per heavy atom. The minimum absolute atomic E-state index is 0.0829. The topological polar surface area (TPSA) is 73.5 Å². The molecule has 2 aromatic carbocycles. The van der Waals surface area contributed by atoms with E-state index in [0.717, 1.165) is 37.3 Å². The van der Waals surface area contributed by atoms with E-state index in [1.807, 2.05) is 24.3 Å². The van der Waals surface area contributed by atoms with Crippen molar-refractivity contribution in [2.75, 3.05) is 30.4 Å². The van der Waals surface area contributed by atoms with E-state index in [4.69, 9.17) is 0 Å². The number of hydrogen-bond acceptors (Lipinski definition) is 4. The molecular formula is C28H36N4O2. The molecule has 180 valence electrons.